The minimum Gasteiger partial charge on any atom is -0.465 e. The molecule has 0 saturated heterocycles. The van der Waals surface area contributed by atoms with Gasteiger partial charge in [-0.3, -0.25) is 4.79 Å². The van der Waals surface area contributed by atoms with Crippen molar-refractivity contribution in [3.05, 3.63) is 78.6 Å². The third-order valence-electron chi connectivity index (χ3n) is 2.98. The van der Waals surface area contributed by atoms with Crippen LogP contribution in [0.4, 0.5) is 10.2 Å². The Balaban J connectivity index is 1.58. The van der Waals surface area contributed by atoms with Gasteiger partial charge in [0.25, 0.3) is 0 Å². The smallest absolute Gasteiger partial charge is 0.249 e. The van der Waals surface area contributed by atoms with E-state index >= 15 is 0 Å². The van der Waals surface area contributed by atoms with Gasteiger partial charge in [-0.05, 0) is 54.6 Å². The summed E-state index contributed by atoms with van der Waals surface area (Å²) in [6.45, 7) is 0. The number of hydrogen-bond acceptors (Lipinski definition) is 4. The summed E-state index contributed by atoms with van der Waals surface area (Å²) in [6, 6.07) is 12.4. The first kappa shape index (κ1) is 15.5. The molecule has 0 bridgehead atoms. The predicted octanol–water partition coefficient (Wildman–Crippen LogP) is 4.26. The predicted molar refractivity (Wildman–Crippen MR) is 87.1 cm³/mol. The van der Waals surface area contributed by atoms with Gasteiger partial charge in [0.1, 0.15) is 28.9 Å². The molecule has 0 radical (unpaired) electrons. The quantitative estimate of drug-likeness (QED) is 0.712. The van der Waals surface area contributed by atoms with Crippen LogP contribution in [0.5, 0.6) is 11.5 Å². The molecule has 0 aliphatic rings. The van der Waals surface area contributed by atoms with E-state index in [2.05, 4.69) is 10.3 Å². The number of nitrogens with zero attached hydrogens (tertiary/aromatic N) is 1. The second kappa shape index (κ2) is 7.23. The summed E-state index contributed by atoms with van der Waals surface area (Å²) in [5.41, 5.74) is 0. The second-order valence-electron chi connectivity index (χ2n) is 4.77. The number of rotatable bonds is 5. The third-order valence-corrected chi connectivity index (χ3v) is 2.98. The molecule has 0 saturated carbocycles. The molecule has 0 atom stereocenters. The molecule has 1 aromatic carbocycles. The summed E-state index contributed by atoms with van der Waals surface area (Å²) < 4.78 is 23.4. The average Bonchev–Trinajstić information content (AvgIpc) is 3.10. The van der Waals surface area contributed by atoms with Crippen LogP contribution in [0.1, 0.15) is 5.76 Å². The highest BCUT2D eigenvalue weighted by atomic mass is 19.1. The first-order chi connectivity index (χ1) is 11.7. The van der Waals surface area contributed by atoms with E-state index in [1.165, 1.54) is 42.8 Å². The Bertz CT molecular complexity index is 826. The number of furan rings is 1. The zero-order valence-corrected chi connectivity index (χ0v) is 12.5. The monoisotopic (exact) mass is 324 g/mol. The molecule has 2 aromatic heterocycles. The number of benzene rings is 1. The summed E-state index contributed by atoms with van der Waals surface area (Å²) in [5.74, 6) is 1.28. The zero-order chi connectivity index (χ0) is 16.8. The molecule has 0 aliphatic carbocycles. The van der Waals surface area contributed by atoms with Crippen LogP contribution in [0, 0.1) is 5.82 Å². The van der Waals surface area contributed by atoms with E-state index in [-0.39, 0.29) is 11.7 Å². The largest absolute Gasteiger partial charge is 0.465 e. The molecule has 0 aliphatic heterocycles. The van der Waals surface area contributed by atoms with Crippen molar-refractivity contribution in [2.24, 2.45) is 0 Å². The van der Waals surface area contributed by atoms with E-state index in [4.69, 9.17) is 9.15 Å². The number of pyridine rings is 1. The average molecular weight is 324 g/mol. The molecule has 6 heteroatoms. The minimum atomic E-state index is -0.332. The van der Waals surface area contributed by atoms with Gasteiger partial charge in [0, 0.05) is 6.08 Å². The van der Waals surface area contributed by atoms with Gasteiger partial charge in [-0.2, -0.15) is 0 Å². The lowest BCUT2D eigenvalue weighted by Gasteiger charge is -2.06. The fourth-order valence-electron chi connectivity index (χ4n) is 1.87. The maximum absolute atomic E-state index is 12.8. The van der Waals surface area contributed by atoms with E-state index in [9.17, 15) is 9.18 Å². The van der Waals surface area contributed by atoms with Crippen molar-refractivity contribution in [1.29, 1.82) is 0 Å². The lowest BCUT2D eigenvalue weighted by Crippen LogP contribution is -2.08. The van der Waals surface area contributed by atoms with Gasteiger partial charge in [-0.25, -0.2) is 9.37 Å². The molecular formula is C18H13FN2O3. The first-order valence-corrected chi connectivity index (χ1v) is 7.11. The summed E-state index contributed by atoms with van der Waals surface area (Å²) in [4.78, 5) is 15.9. The van der Waals surface area contributed by atoms with Crippen molar-refractivity contribution in [3.63, 3.8) is 0 Å². The maximum atomic E-state index is 12.8. The van der Waals surface area contributed by atoms with Crippen LogP contribution in [0.2, 0.25) is 0 Å². The molecule has 3 aromatic rings. The van der Waals surface area contributed by atoms with E-state index < -0.39 is 0 Å². The fraction of sp³-hybridized carbons (Fsp3) is 0. The van der Waals surface area contributed by atoms with Gasteiger partial charge in [0.05, 0.1) is 12.5 Å². The Hall–Kier alpha value is -3.41. The molecule has 0 unspecified atom stereocenters. The van der Waals surface area contributed by atoms with Crippen molar-refractivity contribution >= 4 is 17.8 Å². The van der Waals surface area contributed by atoms with E-state index in [0.717, 1.165) is 0 Å². The minimum absolute atomic E-state index is 0.328. The van der Waals surface area contributed by atoms with Crippen molar-refractivity contribution < 1.29 is 18.3 Å². The van der Waals surface area contributed by atoms with Gasteiger partial charge >= 0.3 is 0 Å². The Morgan fingerprint density at radius 1 is 1.12 bits per heavy atom. The molecule has 1 N–H and O–H groups in total. The molecule has 5 nitrogen and oxygen atoms in total. The summed E-state index contributed by atoms with van der Waals surface area (Å²) in [5, 5.41) is 2.62. The van der Waals surface area contributed by atoms with Crippen molar-refractivity contribution in [2.75, 3.05) is 5.32 Å². The second-order valence-corrected chi connectivity index (χ2v) is 4.77. The number of amides is 1. The number of ether oxygens (including phenoxy) is 1. The molecule has 3 rings (SSSR count). The molecule has 2 heterocycles. The third kappa shape index (κ3) is 4.30. The van der Waals surface area contributed by atoms with Gasteiger partial charge in [0.2, 0.25) is 5.91 Å². The fourth-order valence-corrected chi connectivity index (χ4v) is 1.87. The van der Waals surface area contributed by atoms with Crippen LogP contribution in [-0.2, 0) is 4.79 Å². The standard InChI is InChI=1S/C18H13FN2O3/c19-13-3-5-15(6-4-13)24-16-7-9-17(20-12-16)21-18(22)10-8-14-2-1-11-23-14/h1-12H,(H,20,21,22)/b10-8+. The van der Waals surface area contributed by atoms with E-state index in [1.807, 2.05) is 0 Å². The highest BCUT2D eigenvalue weighted by Gasteiger charge is 2.02. The number of hydrogen-bond donors (Lipinski definition) is 1. The molecule has 120 valence electrons. The highest BCUT2D eigenvalue weighted by Crippen LogP contribution is 2.21. The van der Waals surface area contributed by atoms with Crippen LogP contribution < -0.4 is 10.1 Å². The summed E-state index contributed by atoms with van der Waals surface area (Å²) >= 11 is 0. The summed E-state index contributed by atoms with van der Waals surface area (Å²) in [7, 11) is 0. The van der Waals surface area contributed by atoms with Crippen LogP contribution in [0.15, 0.2) is 71.5 Å². The lowest BCUT2D eigenvalue weighted by molar-refractivity contribution is -0.111. The van der Waals surface area contributed by atoms with Crippen LogP contribution >= 0.6 is 0 Å². The molecule has 0 spiro atoms. The number of aromatic nitrogens is 1. The number of nitrogens with one attached hydrogen (secondary N) is 1. The Morgan fingerprint density at radius 3 is 2.58 bits per heavy atom. The number of anilines is 1. The first-order valence-electron chi connectivity index (χ1n) is 7.11. The Labute approximate surface area is 137 Å². The van der Waals surface area contributed by atoms with Crippen molar-refractivity contribution in [2.45, 2.75) is 0 Å². The normalized spacial score (nSPS) is 10.7. The van der Waals surface area contributed by atoms with Crippen molar-refractivity contribution in [1.82, 2.24) is 4.98 Å². The molecule has 24 heavy (non-hydrogen) atoms. The zero-order valence-electron chi connectivity index (χ0n) is 12.5. The number of halogens is 1. The number of carbonyl (C=O) groups is 1. The SMILES string of the molecule is O=C(/C=C/c1ccco1)Nc1ccc(Oc2ccc(F)cc2)cn1. The maximum Gasteiger partial charge on any atom is 0.249 e. The van der Waals surface area contributed by atoms with Gasteiger partial charge in [-0.1, -0.05) is 0 Å². The highest BCUT2D eigenvalue weighted by molar-refractivity contribution is 6.01. The van der Waals surface area contributed by atoms with Crippen LogP contribution in [0.25, 0.3) is 6.08 Å². The van der Waals surface area contributed by atoms with Crippen LogP contribution in [0.3, 0.4) is 0 Å². The number of carbonyl (C=O) groups excluding carboxylic acids is 1. The van der Waals surface area contributed by atoms with Gasteiger partial charge < -0.3 is 14.5 Å². The lowest BCUT2D eigenvalue weighted by atomic mass is 10.3. The molecule has 0 fully saturated rings. The van der Waals surface area contributed by atoms with Crippen LogP contribution in [-0.4, -0.2) is 10.9 Å². The van der Waals surface area contributed by atoms with E-state index in [0.29, 0.717) is 23.1 Å². The Morgan fingerprint density at radius 2 is 1.92 bits per heavy atom. The topological polar surface area (TPSA) is 64.4 Å². The van der Waals surface area contributed by atoms with Crippen molar-refractivity contribution in [3.8, 4) is 11.5 Å². The summed E-state index contributed by atoms with van der Waals surface area (Å²) in [6.07, 6.45) is 5.90. The van der Waals surface area contributed by atoms with E-state index in [1.54, 1.807) is 30.3 Å². The molecular weight excluding hydrogens is 311 g/mol. The van der Waals surface area contributed by atoms with Gasteiger partial charge in [-0.15, -0.1) is 0 Å². The Kier molecular flexibility index (Phi) is 4.67. The van der Waals surface area contributed by atoms with Gasteiger partial charge in [0.15, 0.2) is 0 Å². The molecule has 1 amide bonds.